The zero-order valence-corrected chi connectivity index (χ0v) is 14.3. The molecule has 0 unspecified atom stereocenters. The van der Waals surface area contributed by atoms with Gasteiger partial charge in [0.25, 0.3) is 0 Å². The predicted molar refractivity (Wildman–Crippen MR) is 68.0 cm³/mol. The fraction of sp³-hybridized carbons (Fsp3) is 0. The van der Waals surface area contributed by atoms with Crippen LogP contribution < -0.4 is 0 Å². The van der Waals surface area contributed by atoms with Gasteiger partial charge < -0.3 is 46.0 Å². The van der Waals surface area contributed by atoms with Gasteiger partial charge in [-0.15, -0.1) is 0 Å². The van der Waals surface area contributed by atoms with Gasteiger partial charge >= 0.3 is 37.4 Å². The summed E-state index contributed by atoms with van der Waals surface area (Å²) in [5.41, 5.74) is -1.10. The van der Waals surface area contributed by atoms with E-state index >= 15 is 0 Å². The van der Waals surface area contributed by atoms with Crippen LogP contribution in [0.3, 0.4) is 0 Å². The van der Waals surface area contributed by atoms with Crippen LogP contribution in [0.2, 0.25) is 0 Å². The molecule has 0 radical (unpaired) electrons. The van der Waals surface area contributed by atoms with Crippen molar-refractivity contribution < 1.29 is 59.4 Å². The van der Waals surface area contributed by atoms with Crippen molar-refractivity contribution in [2.24, 2.45) is 0 Å². The Morgan fingerprint density at radius 2 is 0.792 bits per heavy atom. The van der Waals surface area contributed by atoms with E-state index in [4.69, 9.17) is 46.0 Å². The van der Waals surface area contributed by atoms with Crippen LogP contribution in [0.25, 0.3) is 0 Å². The van der Waals surface area contributed by atoms with Gasteiger partial charge in [-0.1, -0.05) is 0 Å². The molecule has 0 heterocycles. The maximum atomic E-state index is 10.6. The second kappa shape index (κ2) is 12.2. The minimum absolute atomic E-state index is 0. The molecule has 0 spiro atoms. The first-order chi connectivity index (χ1) is 10.4. The van der Waals surface area contributed by atoms with E-state index in [0.29, 0.717) is 0 Å². The van der Waals surface area contributed by atoms with Crippen molar-refractivity contribution in [3.63, 3.8) is 0 Å². The average molecular weight is 400 g/mol. The van der Waals surface area contributed by atoms with Gasteiger partial charge in [-0.05, 0) is 18.2 Å². The van der Waals surface area contributed by atoms with E-state index in [1.165, 1.54) is 0 Å². The Bertz CT molecular complexity index is 532. The molecule has 126 valence electrons. The van der Waals surface area contributed by atoms with Crippen LogP contribution in [-0.2, 0) is 19.5 Å². The number of rotatable bonds is 3. The molecule has 0 aliphatic carbocycles. The minimum atomic E-state index is -1.75. The van der Waals surface area contributed by atoms with E-state index in [1.54, 1.807) is 0 Å². The third kappa shape index (κ3) is 13.6. The van der Waals surface area contributed by atoms with Crippen LogP contribution in [0.5, 0.6) is 0 Å². The summed E-state index contributed by atoms with van der Waals surface area (Å²) >= 11 is 0. The topological polar surface area (TPSA) is 244 Å². The molecule has 0 saturated carbocycles. The molecule has 15 heteroatoms. The Hall–Kier alpha value is -3.35. The fourth-order valence-corrected chi connectivity index (χ4v) is 0.998. The molecule has 1 aromatic rings. The molecule has 0 atom stereocenters. The Morgan fingerprint density at radius 3 is 0.875 bits per heavy atom. The summed E-state index contributed by atoms with van der Waals surface area (Å²) in [4.78, 5) is 48.2. The normalized spacial score (nSPS) is 8.00. The summed E-state index contributed by atoms with van der Waals surface area (Å²) < 4.78 is 0. The summed E-state index contributed by atoms with van der Waals surface area (Å²) in [6, 6.07) is 2.70. The van der Waals surface area contributed by atoms with Crippen molar-refractivity contribution >= 4 is 17.9 Å². The number of carbonyl (C=O) groups is 3. The largest absolute Gasteiger partial charge is 2.00 e. The Kier molecular flexibility index (Phi) is 13.0. The summed E-state index contributed by atoms with van der Waals surface area (Å²) in [6.07, 6.45) is 0. The monoisotopic (exact) mass is 398 g/mol. The Balaban J connectivity index is -0.000000413. The maximum absolute atomic E-state index is 10.6. The Labute approximate surface area is 143 Å². The van der Waals surface area contributed by atoms with Gasteiger partial charge in [0.05, 0.1) is 26.9 Å². The molecule has 0 saturated heterocycles. The van der Waals surface area contributed by atoms with Gasteiger partial charge in [0.1, 0.15) is 0 Å². The number of hydrogen-bond acceptors (Lipinski definition) is 9. The molecule has 0 aliphatic heterocycles. The maximum Gasteiger partial charge on any atom is 2.00 e. The fourth-order valence-electron chi connectivity index (χ4n) is 0.998. The van der Waals surface area contributed by atoms with E-state index in [2.05, 4.69) is 0 Å². The summed E-state index contributed by atoms with van der Waals surface area (Å²) in [6.45, 7) is 0. The van der Waals surface area contributed by atoms with Crippen molar-refractivity contribution in [1.82, 2.24) is 0 Å². The van der Waals surface area contributed by atoms with Crippen molar-refractivity contribution in [3.8, 4) is 0 Å². The number of carboxylic acids is 3. The van der Waals surface area contributed by atoms with Gasteiger partial charge in [0.2, 0.25) is 0 Å². The van der Waals surface area contributed by atoms with Crippen LogP contribution in [0, 0.1) is 30.6 Å². The third-order valence-electron chi connectivity index (χ3n) is 1.67. The zero-order valence-electron chi connectivity index (χ0n) is 11.3. The molecule has 1 aromatic carbocycles. The van der Waals surface area contributed by atoms with Crippen molar-refractivity contribution in [2.75, 3.05) is 0 Å². The number of aromatic carboxylic acids is 3. The molecule has 0 aromatic heterocycles. The van der Waals surface area contributed by atoms with Crippen LogP contribution in [0.4, 0.5) is 0 Å². The van der Waals surface area contributed by atoms with Crippen molar-refractivity contribution in [1.29, 1.82) is 0 Å². The standard InChI is InChI=1S/C9H6O6.2NO3.Zn/c10-7(11)4-1-5(8(12)13)3-6(2-4)9(14)15;2*2-1(3)4;/h1-3H,(H,10,11)(H,12,13)(H,14,15);;;/q;2*-1;+2. The zero-order chi connectivity index (χ0) is 18.7. The van der Waals surface area contributed by atoms with Crippen LogP contribution in [0.15, 0.2) is 18.2 Å². The predicted octanol–water partition coefficient (Wildman–Crippen LogP) is 0.300. The SMILES string of the molecule is O=C(O)c1cc(C(=O)O)cc(C(=O)O)c1.O=[N+]([O-])[O-].O=[N+]([O-])[O-].[Zn+2]. The molecule has 14 nitrogen and oxygen atoms in total. The van der Waals surface area contributed by atoms with E-state index < -0.39 is 28.1 Å². The molecule has 0 bridgehead atoms. The number of nitrogens with zero attached hydrogens (tertiary/aromatic N) is 2. The molecule has 1 rings (SSSR count). The molecule has 0 aliphatic rings. The van der Waals surface area contributed by atoms with Crippen molar-refractivity contribution in [2.45, 2.75) is 0 Å². The molecule has 0 amide bonds. The second-order valence-corrected chi connectivity index (χ2v) is 3.16. The third-order valence-corrected chi connectivity index (χ3v) is 1.67. The molecule has 3 N–H and O–H groups in total. The first kappa shape index (κ1) is 25.6. The van der Waals surface area contributed by atoms with Gasteiger partial charge in [0.15, 0.2) is 0 Å². The first-order valence-corrected chi connectivity index (χ1v) is 4.86. The van der Waals surface area contributed by atoms with Gasteiger partial charge in [-0.3, -0.25) is 0 Å². The average Bonchev–Trinajstić information content (AvgIpc) is 2.36. The van der Waals surface area contributed by atoms with Crippen LogP contribution in [0.1, 0.15) is 31.1 Å². The Morgan fingerprint density at radius 1 is 0.667 bits per heavy atom. The van der Waals surface area contributed by atoms with E-state index in [0.717, 1.165) is 18.2 Å². The van der Waals surface area contributed by atoms with Crippen molar-refractivity contribution in [3.05, 3.63) is 65.5 Å². The molecule has 0 fully saturated rings. The number of carboxylic acid groups (broad SMARTS) is 3. The molecular formula is C9H6N2O12Zn. The number of benzene rings is 1. The summed E-state index contributed by atoms with van der Waals surface area (Å²) in [5.74, 6) is -4.12. The van der Waals surface area contributed by atoms with E-state index in [-0.39, 0.29) is 36.2 Å². The van der Waals surface area contributed by atoms with Gasteiger partial charge in [-0.2, -0.15) is 0 Å². The second-order valence-electron chi connectivity index (χ2n) is 3.16. The summed E-state index contributed by atoms with van der Waals surface area (Å²) in [5, 5.41) is 55.3. The summed E-state index contributed by atoms with van der Waals surface area (Å²) in [7, 11) is 0. The van der Waals surface area contributed by atoms with Crippen LogP contribution in [-0.4, -0.2) is 43.4 Å². The molecule has 24 heavy (non-hydrogen) atoms. The smallest absolute Gasteiger partial charge is 0.478 e. The number of hydrogen-bond donors (Lipinski definition) is 3. The first-order valence-electron chi connectivity index (χ1n) is 4.86. The quantitative estimate of drug-likeness (QED) is 0.352. The van der Waals surface area contributed by atoms with Gasteiger partial charge in [-0.25, -0.2) is 14.4 Å². The van der Waals surface area contributed by atoms with Crippen LogP contribution >= 0.6 is 0 Å². The van der Waals surface area contributed by atoms with E-state index in [9.17, 15) is 14.4 Å². The van der Waals surface area contributed by atoms with Gasteiger partial charge in [0, 0.05) is 0 Å². The minimum Gasteiger partial charge on any atom is -0.478 e. The molecular weight excluding hydrogens is 393 g/mol. The van der Waals surface area contributed by atoms with E-state index in [1.807, 2.05) is 0 Å².